The summed E-state index contributed by atoms with van der Waals surface area (Å²) in [5, 5.41) is 2.82. The fourth-order valence-electron chi connectivity index (χ4n) is 2.44. The molecule has 1 aliphatic carbocycles. The predicted octanol–water partition coefficient (Wildman–Crippen LogP) is 0.587. The van der Waals surface area contributed by atoms with Crippen LogP contribution in [0.4, 0.5) is 0 Å². The van der Waals surface area contributed by atoms with Gasteiger partial charge in [0.25, 0.3) is 0 Å². The zero-order chi connectivity index (χ0) is 13.0. The van der Waals surface area contributed by atoms with Crippen LogP contribution in [0.15, 0.2) is 12.3 Å². The summed E-state index contributed by atoms with van der Waals surface area (Å²) in [4.78, 5) is 11.7. The van der Waals surface area contributed by atoms with Gasteiger partial charge in [-0.05, 0) is 30.9 Å². The summed E-state index contributed by atoms with van der Waals surface area (Å²) >= 11 is 0. The summed E-state index contributed by atoms with van der Waals surface area (Å²) in [6.07, 6.45) is 5.12. The molecule has 1 aromatic rings. The summed E-state index contributed by atoms with van der Waals surface area (Å²) in [5.74, 6) is 0.0181. The minimum absolute atomic E-state index is 0.0181. The van der Waals surface area contributed by atoms with E-state index in [1.54, 1.807) is 7.11 Å². The molecule has 18 heavy (non-hydrogen) atoms. The lowest BCUT2D eigenvalue weighted by atomic mass is 9.94. The minimum atomic E-state index is 0.0181. The molecule has 100 valence electrons. The average Bonchev–Trinajstić information content (AvgIpc) is 2.74. The zero-order valence-corrected chi connectivity index (χ0v) is 10.8. The van der Waals surface area contributed by atoms with Crippen LogP contribution in [0, 0.1) is 0 Å². The number of hydrogen-bond donors (Lipinski definition) is 2. The van der Waals surface area contributed by atoms with Crippen molar-refractivity contribution in [1.82, 2.24) is 9.88 Å². The molecule has 0 saturated carbocycles. The fraction of sp³-hybridized carbons (Fsp3) is 0.615. The third kappa shape index (κ3) is 2.91. The van der Waals surface area contributed by atoms with Crippen LogP contribution in [0.2, 0.25) is 0 Å². The first-order valence-electron chi connectivity index (χ1n) is 6.41. The number of nitrogens with zero attached hydrogens (tertiary/aromatic N) is 1. The summed E-state index contributed by atoms with van der Waals surface area (Å²) in [6.45, 7) is 1.46. The molecule has 3 N–H and O–H groups in total. The second-order valence-corrected chi connectivity index (χ2v) is 4.69. The monoisotopic (exact) mass is 251 g/mol. The Morgan fingerprint density at radius 2 is 2.50 bits per heavy atom. The van der Waals surface area contributed by atoms with Crippen LogP contribution in [0.3, 0.4) is 0 Å². The van der Waals surface area contributed by atoms with Crippen molar-refractivity contribution in [2.45, 2.75) is 31.8 Å². The van der Waals surface area contributed by atoms with Crippen molar-refractivity contribution >= 4 is 5.91 Å². The Morgan fingerprint density at radius 1 is 1.67 bits per heavy atom. The number of nitrogens with one attached hydrogen (secondary N) is 1. The molecule has 5 heteroatoms. The number of carbonyl (C=O) groups excluding carboxylic acids is 1. The molecule has 1 atom stereocenters. The second kappa shape index (κ2) is 6.02. The van der Waals surface area contributed by atoms with Crippen LogP contribution in [-0.4, -0.2) is 30.7 Å². The summed E-state index contributed by atoms with van der Waals surface area (Å²) in [5.41, 5.74) is 8.48. The van der Waals surface area contributed by atoms with E-state index in [1.807, 2.05) is 16.8 Å². The summed E-state index contributed by atoms with van der Waals surface area (Å²) in [6, 6.07) is 2.17. The Hall–Kier alpha value is -1.33. The highest BCUT2D eigenvalue weighted by Crippen LogP contribution is 2.28. The van der Waals surface area contributed by atoms with Crippen molar-refractivity contribution in [1.29, 1.82) is 0 Å². The Bertz CT molecular complexity index is 414. The van der Waals surface area contributed by atoms with Crippen molar-refractivity contribution in [2.75, 3.05) is 20.3 Å². The van der Waals surface area contributed by atoms with Crippen LogP contribution < -0.4 is 11.1 Å². The van der Waals surface area contributed by atoms with Gasteiger partial charge in [-0.1, -0.05) is 0 Å². The molecule has 1 unspecified atom stereocenters. The van der Waals surface area contributed by atoms with Gasteiger partial charge in [0.05, 0.1) is 6.61 Å². The van der Waals surface area contributed by atoms with E-state index in [4.69, 9.17) is 10.5 Å². The lowest BCUT2D eigenvalue weighted by Gasteiger charge is -2.20. The van der Waals surface area contributed by atoms with E-state index < -0.39 is 0 Å². The van der Waals surface area contributed by atoms with E-state index in [2.05, 4.69) is 5.32 Å². The number of methoxy groups -OCH3 is 1. The van der Waals surface area contributed by atoms with Gasteiger partial charge in [0, 0.05) is 31.6 Å². The van der Waals surface area contributed by atoms with Gasteiger partial charge < -0.3 is 20.4 Å². The first-order valence-corrected chi connectivity index (χ1v) is 6.41. The lowest BCUT2D eigenvalue weighted by molar-refractivity contribution is -0.121. The van der Waals surface area contributed by atoms with E-state index >= 15 is 0 Å². The third-order valence-corrected chi connectivity index (χ3v) is 3.38. The summed E-state index contributed by atoms with van der Waals surface area (Å²) < 4.78 is 6.90. The van der Waals surface area contributed by atoms with Gasteiger partial charge in [-0.15, -0.1) is 0 Å². The van der Waals surface area contributed by atoms with Crippen molar-refractivity contribution in [2.24, 2.45) is 5.73 Å². The molecule has 0 fully saturated rings. The molecule has 0 aliphatic heterocycles. The number of amides is 1. The number of fused-ring (bicyclic) bond motifs is 1. The van der Waals surface area contributed by atoms with Gasteiger partial charge in [-0.25, -0.2) is 0 Å². The number of ether oxygens (including phenoxy) is 1. The molecule has 2 rings (SSSR count). The minimum Gasteiger partial charge on any atom is -0.383 e. The van der Waals surface area contributed by atoms with Crippen molar-refractivity contribution in [3.63, 3.8) is 0 Å². The summed E-state index contributed by atoms with van der Waals surface area (Å²) in [7, 11) is 1.62. The van der Waals surface area contributed by atoms with Gasteiger partial charge >= 0.3 is 0 Å². The van der Waals surface area contributed by atoms with Gasteiger partial charge in [0.2, 0.25) is 5.91 Å². The Balaban J connectivity index is 1.96. The maximum Gasteiger partial charge on any atom is 0.240 e. The number of rotatable bonds is 5. The highest BCUT2D eigenvalue weighted by molar-refractivity contribution is 5.75. The highest BCUT2D eigenvalue weighted by atomic mass is 16.5. The molecule has 0 bridgehead atoms. The maximum atomic E-state index is 11.7. The van der Waals surface area contributed by atoms with Crippen molar-refractivity contribution < 1.29 is 9.53 Å². The number of aromatic nitrogens is 1. The smallest absolute Gasteiger partial charge is 0.240 e. The standard InChI is InChI=1S/C13H21N3O2/c1-18-8-6-15-13(17)9-16-7-5-10-11(14)3-2-4-12(10)16/h5,7,11H,2-4,6,8-9,14H2,1H3,(H,15,17). The van der Waals surface area contributed by atoms with Crippen LogP contribution in [0.5, 0.6) is 0 Å². The lowest BCUT2D eigenvalue weighted by Crippen LogP contribution is -2.31. The maximum absolute atomic E-state index is 11.7. The molecule has 1 aliphatic rings. The number of nitrogens with two attached hydrogens (primary N) is 1. The van der Waals surface area contributed by atoms with E-state index in [-0.39, 0.29) is 11.9 Å². The molecule has 1 aromatic heterocycles. The predicted molar refractivity (Wildman–Crippen MR) is 69.2 cm³/mol. The number of carbonyl (C=O) groups is 1. The van der Waals surface area contributed by atoms with Crippen LogP contribution in [0.25, 0.3) is 0 Å². The topological polar surface area (TPSA) is 69.3 Å². The van der Waals surface area contributed by atoms with Crippen LogP contribution in [0.1, 0.15) is 30.1 Å². The van der Waals surface area contributed by atoms with E-state index in [0.717, 1.165) is 19.3 Å². The Kier molecular flexibility index (Phi) is 4.38. The highest BCUT2D eigenvalue weighted by Gasteiger charge is 2.20. The molecule has 0 spiro atoms. The van der Waals surface area contributed by atoms with Gasteiger partial charge in [-0.3, -0.25) is 4.79 Å². The Morgan fingerprint density at radius 3 is 3.28 bits per heavy atom. The van der Waals surface area contributed by atoms with Gasteiger partial charge in [-0.2, -0.15) is 0 Å². The third-order valence-electron chi connectivity index (χ3n) is 3.38. The molecular formula is C13H21N3O2. The normalized spacial score (nSPS) is 18.4. The van der Waals surface area contributed by atoms with E-state index in [0.29, 0.717) is 19.7 Å². The first-order chi connectivity index (χ1) is 8.72. The van der Waals surface area contributed by atoms with Crippen molar-refractivity contribution in [3.8, 4) is 0 Å². The average molecular weight is 251 g/mol. The molecular weight excluding hydrogens is 230 g/mol. The zero-order valence-electron chi connectivity index (χ0n) is 10.8. The van der Waals surface area contributed by atoms with Gasteiger partial charge in [0.1, 0.15) is 6.54 Å². The van der Waals surface area contributed by atoms with E-state index in [9.17, 15) is 4.79 Å². The molecule has 5 nitrogen and oxygen atoms in total. The molecule has 0 aromatic carbocycles. The Labute approximate surface area is 107 Å². The quantitative estimate of drug-likeness (QED) is 0.752. The second-order valence-electron chi connectivity index (χ2n) is 4.69. The fourth-order valence-corrected chi connectivity index (χ4v) is 2.44. The van der Waals surface area contributed by atoms with Crippen LogP contribution >= 0.6 is 0 Å². The molecule has 1 heterocycles. The molecule has 0 saturated heterocycles. The molecule has 0 radical (unpaired) electrons. The van der Waals surface area contributed by atoms with Gasteiger partial charge in [0.15, 0.2) is 0 Å². The largest absolute Gasteiger partial charge is 0.383 e. The SMILES string of the molecule is COCCNC(=O)Cn1ccc2c1CCCC2N. The van der Waals surface area contributed by atoms with E-state index in [1.165, 1.54) is 11.3 Å². The molecule has 1 amide bonds. The number of hydrogen-bond acceptors (Lipinski definition) is 3. The first kappa shape index (κ1) is 13.1. The van der Waals surface area contributed by atoms with Crippen molar-refractivity contribution in [3.05, 3.63) is 23.5 Å². The van der Waals surface area contributed by atoms with Crippen LogP contribution in [-0.2, 0) is 22.5 Å².